The van der Waals surface area contributed by atoms with Gasteiger partial charge in [0.1, 0.15) is 0 Å². The maximum Gasteiger partial charge on any atom is 0.0739 e. The quantitative estimate of drug-likeness (QED) is 0.821. The van der Waals surface area contributed by atoms with Crippen LogP contribution in [0.15, 0.2) is 18.2 Å². The smallest absolute Gasteiger partial charge is 0.0739 e. The van der Waals surface area contributed by atoms with Crippen molar-refractivity contribution < 1.29 is 4.74 Å². The number of nitrogens with one attached hydrogen (secondary N) is 1. The Balaban J connectivity index is 2.06. The van der Waals surface area contributed by atoms with Crippen molar-refractivity contribution in [1.82, 2.24) is 0 Å². The maximum atomic E-state index is 6.02. The van der Waals surface area contributed by atoms with Crippen LogP contribution in [0.2, 0.25) is 5.02 Å². The maximum absolute atomic E-state index is 6.02. The Morgan fingerprint density at radius 1 is 1.50 bits per heavy atom. The van der Waals surface area contributed by atoms with E-state index in [2.05, 4.69) is 19.2 Å². The van der Waals surface area contributed by atoms with Crippen LogP contribution in [0.5, 0.6) is 0 Å². The first-order valence-corrected chi connectivity index (χ1v) is 6.76. The molecule has 0 spiro atoms. The largest absolute Gasteiger partial charge is 0.396 e. The third-order valence-corrected chi connectivity index (χ3v) is 4.26. The Hall–Kier alpha value is -0.930. The number of anilines is 2. The molecule has 1 aliphatic rings. The van der Waals surface area contributed by atoms with Crippen molar-refractivity contribution in [2.75, 3.05) is 17.7 Å². The standard InChI is InChI=1S/C14H21ClN2O/c1-4-18-12-8-11(14(12,2)3)17-10-7-5-6-9(15)13(10)16/h5-7,11-12,17H,4,8,16H2,1-3H3. The predicted molar refractivity (Wildman–Crippen MR) is 77.1 cm³/mol. The van der Waals surface area contributed by atoms with E-state index < -0.39 is 0 Å². The monoisotopic (exact) mass is 268 g/mol. The fourth-order valence-electron chi connectivity index (χ4n) is 2.47. The van der Waals surface area contributed by atoms with Gasteiger partial charge in [-0.15, -0.1) is 0 Å². The van der Waals surface area contributed by atoms with Gasteiger partial charge < -0.3 is 15.8 Å². The number of benzene rings is 1. The molecule has 2 unspecified atom stereocenters. The van der Waals surface area contributed by atoms with Crippen LogP contribution in [0.4, 0.5) is 11.4 Å². The number of hydrogen-bond acceptors (Lipinski definition) is 3. The third-order valence-electron chi connectivity index (χ3n) is 3.93. The first-order valence-electron chi connectivity index (χ1n) is 6.39. The Morgan fingerprint density at radius 3 is 2.83 bits per heavy atom. The number of para-hydroxylation sites is 1. The van der Waals surface area contributed by atoms with Gasteiger partial charge in [0.15, 0.2) is 0 Å². The second-order valence-corrected chi connectivity index (χ2v) is 5.81. The van der Waals surface area contributed by atoms with Gasteiger partial charge in [-0.1, -0.05) is 31.5 Å². The van der Waals surface area contributed by atoms with Crippen molar-refractivity contribution in [3.8, 4) is 0 Å². The molecule has 0 radical (unpaired) electrons. The number of ether oxygens (including phenoxy) is 1. The normalized spacial score (nSPS) is 25.6. The number of halogens is 1. The van der Waals surface area contributed by atoms with Gasteiger partial charge >= 0.3 is 0 Å². The molecule has 1 saturated carbocycles. The van der Waals surface area contributed by atoms with Crippen LogP contribution in [0.1, 0.15) is 27.2 Å². The van der Waals surface area contributed by atoms with Crippen LogP contribution in [-0.4, -0.2) is 18.8 Å². The summed E-state index contributed by atoms with van der Waals surface area (Å²) in [5.41, 5.74) is 7.61. The number of nitrogens with two attached hydrogens (primary N) is 1. The molecule has 0 amide bonds. The summed E-state index contributed by atoms with van der Waals surface area (Å²) >= 11 is 6.02. The Kier molecular flexibility index (Phi) is 3.74. The van der Waals surface area contributed by atoms with Crippen molar-refractivity contribution in [3.63, 3.8) is 0 Å². The van der Waals surface area contributed by atoms with Gasteiger partial charge in [0, 0.05) is 18.1 Å². The molecule has 1 fully saturated rings. The first kappa shape index (κ1) is 13.5. The van der Waals surface area contributed by atoms with Gasteiger partial charge in [-0.3, -0.25) is 0 Å². The zero-order valence-corrected chi connectivity index (χ0v) is 11.9. The topological polar surface area (TPSA) is 47.3 Å². The summed E-state index contributed by atoms with van der Waals surface area (Å²) in [5, 5.41) is 4.07. The van der Waals surface area contributed by atoms with Crippen LogP contribution in [0, 0.1) is 5.41 Å². The van der Waals surface area contributed by atoms with E-state index in [0.717, 1.165) is 18.7 Å². The van der Waals surface area contributed by atoms with Crippen LogP contribution >= 0.6 is 11.6 Å². The van der Waals surface area contributed by atoms with Crippen LogP contribution < -0.4 is 11.1 Å². The molecule has 1 aromatic carbocycles. The van der Waals surface area contributed by atoms with E-state index in [1.54, 1.807) is 6.07 Å². The second-order valence-electron chi connectivity index (χ2n) is 5.40. The fourth-order valence-corrected chi connectivity index (χ4v) is 2.64. The van der Waals surface area contributed by atoms with E-state index in [1.165, 1.54) is 0 Å². The molecule has 0 bridgehead atoms. The SMILES string of the molecule is CCOC1CC(Nc2cccc(Cl)c2N)C1(C)C. The van der Waals surface area contributed by atoms with E-state index in [1.807, 2.05) is 19.1 Å². The average molecular weight is 269 g/mol. The van der Waals surface area contributed by atoms with Crippen molar-refractivity contribution in [1.29, 1.82) is 0 Å². The molecule has 1 aliphatic carbocycles. The molecule has 0 heterocycles. The molecule has 1 aromatic rings. The molecular weight excluding hydrogens is 248 g/mol. The zero-order valence-electron chi connectivity index (χ0n) is 11.2. The Labute approximate surface area is 114 Å². The van der Waals surface area contributed by atoms with E-state index in [-0.39, 0.29) is 5.41 Å². The van der Waals surface area contributed by atoms with Crippen molar-refractivity contribution >= 4 is 23.0 Å². The van der Waals surface area contributed by atoms with Gasteiger partial charge in [-0.25, -0.2) is 0 Å². The lowest BCUT2D eigenvalue weighted by Gasteiger charge is -2.52. The third kappa shape index (κ3) is 2.29. The van der Waals surface area contributed by atoms with Crippen LogP contribution in [0.3, 0.4) is 0 Å². The molecular formula is C14H21ClN2O. The molecule has 3 N–H and O–H groups in total. The number of nitrogen functional groups attached to an aromatic ring is 1. The van der Waals surface area contributed by atoms with Gasteiger partial charge in [-0.2, -0.15) is 0 Å². The minimum absolute atomic E-state index is 0.116. The van der Waals surface area contributed by atoms with Gasteiger partial charge in [0.2, 0.25) is 0 Å². The minimum Gasteiger partial charge on any atom is -0.396 e. The Morgan fingerprint density at radius 2 is 2.22 bits per heavy atom. The highest BCUT2D eigenvalue weighted by Gasteiger charge is 2.48. The summed E-state index contributed by atoms with van der Waals surface area (Å²) in [7, 11) is 0. The van der Waals surface area contributed by atoms with E-state index >= 15 is 0 Å². The number of hydrogen-bond donors (Lipinski definition) is 2. The summed E-state index contributed by atoms with van der Waals surface area (Å²) in [6.07, 6.45) is 1.33. The molecule has 18 heavy (non-hydrogen) atoms. The lowest BCUT2D eigenvalue weighted by Crippen LogP contribution is -2.58. The molecule has 3 nitrogen and oxygen atoms in total. The van der Waals surface area contributed by atoms with Crippen molar-refractivity contribution in [2.45, 2.75) is 39.3 Å². The number of rotatable bonds is 4. The summed E-state index contributed by atoms with van der Waals surface area (Å²) in [5.74, 6) is 0. The fraction of sp³-hybridized carbons (Fsp3) is 0.571. The summed E-state index contributed by atoms with van der Waals surface area (Å²) in [6.45, 7) is 7.23. The highest BCUT2D eigenvalue weighted by atomic mass is 35.5. The molecule has 2 rings (SSSR count). The van der Waals surface area contributed by atoms with E-state index in [9.17, 15) is 0 Å². The predicted octanol–water partition coefficient (Wildman–Crippen LogP) is 3.54. The Bertz CT molecular complexity index is 434. The highest BCUT2D eigenvalue weighted by Crippen LogP contribution is 2.45. The summed E-state index contributed by atoms with van der Waals surface area (Å²) in [4.78, 5) is 0. The lowest BCUT2D eigenvalue weighted by molar-refractivity contribution is -0.0975. The van der Waals surface area contributed by atoms with Crippen molar-refractivity contribution in [2.24, 2.45) is 5.41 Å². The van der Waals surface area contributed by atoms with Crippen LogP contribution in [0.25, 0.3) is 0 Å². The van der Waals surface area contributed by atoms with Crippen LogP contribution in [-0.2, 0) is 4.74 Å². The molecule has 100 valence electrons. The van der Waals surface area contributed by atoms with Gasteiger partial charge in [0.25, 0.3) is 0 Å². The molecule has 0 aliphatic heterocycles. The molecule has 0 saturated heterocycles. The summed E-state index contributed by atoms with van der Waals surface area (Å²) < 4.78 is 5.72. The lowest BCUT2D eigenvalue weighted by atomic mass is 9.64. The van der Waals surface area contributed by atoms with E-state index in [4.69, 9.17) is 22.1 Å². The van der Waals surface area contributed by atoms with Gasteiger partial charge in [0.05, 0.1) is 22.5 Å². The molecule has 4 heteroatoms. The van der Waals surface area contributed by atoms with E-state index in [0.29, 0.717) is 22.9 Å². The molecule has 2 atom stereocenters. The highest BCUT2D eigenvalue weighted by molar-refractivity contribution is 6.33. The first-order chi connectivity index (χ1) is 8.46. The second kappa shape index (κ2) is 4.98. The average Bonchev–Trinajstić information content (AvgIpc) is 2.33. The van der Waals surface area contributed by atoms with Crippen molar-refractivity contribution in [3.05, 3.63) is 23.2 Å². The minimum atomic E-state index is 0.116. The zero-order chi connectivity index (χ0) is 13.3. The summed E-state index contributed by atoms with van der Waals surface area (Å²) in [6, 6.07) is 6.05. The molecule has 0 aromatic heterocycles. The van der Waals surface area contributed by atoms with Gasteiger partial charge in [-0.05, 0) is 25.5 Å².